The number of aliphatic hydroxyl groups is 5. The summed E-state index contributed by atoms with van der Waals surface area (Å²) in [6.45, 7) is 15.5. The summed E-state index contributed by atoms with van der Waals surface area (Å²) in [4.78, 5) is 53.3. The van der Waals surface area contributed by atoms with Gasteiger partial charge in [-0.3, -0.25) is 19.2 Å². The van der Waals surface area contributed by atoms with E-state index in [1.54, 1.807) is 54.5 Å². The number of benzene rings is 2. The second-order valence-electron chi connectivity index (χ2n) is 23.2. The number of aromatic hydroxyl groups is 2. The van der Waals surface area contributed by atoms with Crippen LogP contribution in [0.3, 0.4) is 0 Å². The number of hydrogen-bond donors (Lipinski definition) is 7. The quantitative estimate of drug-likeness (QED) is 0.105. The lowest BCUT2D eigenvalue weighted by atomic mass is 9.74. The first-order chi connectivity index (χ1) is 38.6. The Morgan fingerprint density at radius 2 is 1.23 bits per heavy atom. The average molecular weight is 1170 g/mol. The Morgan fingerprint density at radius 1 is 0.683 bits per heavy atom. The van der Waals surface area contributed by atoms with E-state index in [0.29, 0.717) is 0 Å². The second-order valence-corrected chi connectivity index (χ2v) is 23.2. The summed E-state index contributed by atoms with van der Waals surface area (Å²) in [5.41, 5.74) is -1.52. The highest BCUT2D eigenvalue weighted by atomic mass is 16.7. The van der Waals surface area contributed by atoms with Gasteiger partial charge in [0, 0.05) is 72.2 Å². The third kappa shape index (κ3) is 13.9. The monoisotopic (exact) mass is 1170 g/mol. The van der Waals surface area contributed by atoms with E-state index < -0.39 is 188 Å². The van der Waals surface area contributed by atoms with Gasteiger partial charge in [0.05, 0.1) is 59.8 Å². The van der Waals surface area contributed by atoms with Crippen molar-refractivity contribution in [3.8, 4) is 17.2 Å². The van der Waals surface area contributed by atoms with E-state index in [0.717, 1.165) is 0 Å². The lowest BCUT2D eigenvalue weighted by molar-refractivity contribution is -0.334. The fourth-order valence-corrected chi connectivity index (χ4v) is 12.4. The Labute approximate surface area is 475 Å². The van der Waals surface area contributed by atoms with Crippen molar-refractivity contribution in [2.75, 3.05) is 14.2 Å². The first-order valence-corrected chi connectivity index (χ1v) is 28.1. The van der Waals surface area contributed by atoms with Crippen LogP contribution in [0.15, 0.2) is 18.2 Å². The number of methoxy groups -OCH3 is 2. The van der Waals surface area contributed by atoms with E-state index in [1.165, 1.54) is 47.1 Å². The molecule has 24 atom stereocenters. The summed E-state index contributed by atoms with van der Waals surface area (Å²) in [7, 11) is 2.73. The number of ketones is 2. The number of phenols is 2. The number of aliphatic hydroxyl groups excluding tert-OH is 4. The summed E-state index contributed by atoms with van der Waals surface area (Å²) in [5, 5.41) is 79.5. The summed E-state index contributed by atoms with van der Waals surface area (Å²) in [5.74, 6) is -5.46. The highest BCUT2D eigenvalue weighted by Gasteiger charge is 2.52. The number of Topliss-reactive ketones (excluding diaryl/α,β-unsaturated/α-hetero) is 2. The van der Waals surface area contributed by atoms with Gasteiger partial charge in [-0.05, 0) is 77.0 Å². The van der Waals surface area contributed by atoms with Crippen molar-refractivity contribution in [1.29, 1.82) is 0 Å². The van der Waals surface area contributed by atoms with Gasteiger partial charge >= 0.3 is 11.9 Å². The molecular formula is C57H82O25. The van der Waals surface area contributed by atoms with Crippen molar-refractivity contribution in [3.05, 3.63) is 29.3 Å². The number of rotatable bonds is 18. The summed E-state index contributed by atoms with van der Waals surface area (Å²) >= 11 is 0. The Bertz CT molecular complexity index is 2560. The molecule has 82 heavy (non-hydrogen) atoms. The standard InChI is InChI=1S/C57H82O25/c1-22(2)46(62)51(67)54(70-12)33-15-31-13-30-14-32(78-40-20-38(76-28(8)58)53(26(6)74-40)81-39-17-35(61)52(69-11)25(5)73-39)16-34(60)44(30)49(65)45(31)50(66)55(33)82-42-19-36(47(63)24(4)72-42)79-41-18-37(48(64)23(3)71-41)80-43-21-57(10,68)56(27(7)75-43)77-29(9)59/h13-14,16,22-27,33,35-43,46-48,52-56,60-65,68H,15,17-21H2,1-12H3/t23-,24-,25+,26+,27-,33-,35+,36+,37+,38+,39-,40-,41+,42+,43+,46+,47-,48-,52-,53+,54+,55+,56+,57+/m1/s1. The van der Waals surface area contributed by atoms with Crippen LogP contribution in [0.4, 0.5) is 0 Å². The zero-order chi connectivity index (χ0) is 60.0. The first kappa shape index (κ1) is 63.8. The van der Waals surface area contributed by atoms with Crippen molar-refractivity contribution in [2.24, 2.45) is 11.8 Å². The molecule has 0 radical (unpaired) electrons. The van der Waals surface area contributed by atoms with Gasteiger partial charge in [-0.1, -0.05) is 13.8 Å². The lowest BCUT2D eigenvalue weighted by Crippen LogP contribution is -2.59. The summed E-state index contributed by atoms with van der Waals surface area (Å²) < 4.78 is 84.2. The highest BCUT2D eigenvalue weighted by Crippen LogP contribution is 2.46. The number of carbonyl (C=O) groups is 4. The van der Waals surface area contributed by atoms with Crippen LogP contribution in [-0.4, -0.2) is 214 Å². The third-order valence-corrected chi connectivity index (χ3v) is 16.4. The largest absolute Gasteiger partial charge is 0.507 e. The Kier molecular flexibility index (Phi) is 20.3. The Balaban J connectivity index is 1.01. The molecule has 7 N–H and O–H groups in total. The number of hydrogen-bond acceptors (Lipinski definition) is 25. The molecule has 0 amide bonds. The maximum atomic E-state index is 15.1. The maximum absolute atomic E-state index is 15.1. The predicted molar refractivity (Wildman–Crippen MR) is 281 cm³/mol. The van der Waals surface area contributed by atoms with E-state index in [-0.39, 0.29) is 66.2 Å². The molecule has 5 heterocycles. The van der Waals surface area contributed by atoms with Gasteiger partial charge in [0.25, 0.3) is 0 Å². The molecule has 0 bridgehead atoms. The molecule has 8 rings (SSSR count). The van der Waals surface area contributed by atoms with Crippen molar-refractivity contribution < 1.29 is 121 Å². The minimum Gasteiger partial charge on any atom is -0.507 e. The van der Waals surface area contributed by atoms with Gasteiger partial charge in [0.2, 0.25) is 6.29 Å². The van der Waals surface area contributed by atoms with Crippen LogP contribution in [0, 0.1) is 11.8 Å². The van der Waals surface area contributed by atoms with Gasteiger partial charge < -0.3 is 102 Å². The van der Waals surface area contributed by atoms with Gasteiger partial charge in [-0.25, -0.2) is 0 Å². The molecule has 2 aromatic rings. The molecule has 25 heteroatoms. The van der Waals surface area contributed by atoms with Crippen molar-refractivity contribution in [2.45, 2.75) is 249 Å². The van der Waals surface area contributed by atoms with Gasteiger partial charge in [-0.2, -0.15) is 0 Å². The number of phenolic OH excluding ortho intramolecular Hbond substituents is 2. The van der Waals surface area contributed by atoms with E-state index in [4.69, 9.17) is 66.3 Å². The van der Waals surface area contributed by atoms with Crippen LogP contribution in [0.2, 0.25) is 0 Å². The molecule has 0 saturated carbocycles. The van der Waals surface area contributed by atoms with Gasteiger partial charge in [0.1, 0.15) is 71.7 Å². The third-order valence-electron chi connectivity index (χ3n) is 16.4. The van der Waals surface area contributed by atoms with Crippen LogP contribution in [0.1, 0.15) is 117 Å². The smallest absolute Gasteiger partial charge is 0.303 e. The molecule has 5 fully saturated rings. The van der Waals surface area contributed by atoms with E-state index >= 15 is 4.79 Å². The summed E-state index contributed by atoms with van der Waals surface area (Å²) in [6, 6.07) is 4.28. The highest BCUT2D eigenvalue weighted by molar-refractivity contribution is 6.11. The zero-order valence-electron chi connectivity index (χ0n) is 48.3. The van der Waals surface area contributed by atoms with E-state index in [2.05, 4.69) is 0 Å². The average Bonchev–Trinajstić information content (AvgIpc) is 2.21. The number of carbonyl (C=O) groups excluding carboxylic acids is 4. The van der Waals surface area contributed by atoms with Crippen LogP contribution >= 0.6 is 0 Å². The Morgan fingerprint density at radius 3 is 1.80 bits per heavy atom. The molecule has 1 aliphatic carbocycles. The van der Waals surface area contributed by atoms with Gasteiger partial charge in [-0.15, -0.1) is 0 Å². The first-order valence-electron chi connectivity index (χ1n) is 28.1. The molecule has 0 aromatic heterocycles. The zero-order valence-corrected chi connectivity index (χ0v) is 48.3. The maximum Gasteiger partial charge on any atom is 0.303 e. The Hall–Kier alpha value is -4.26. The number of esters is 2. The normalized spacial score (nSPS) is 39.7. The molecule has 5 saturated heterocycles. The lowest BCUT2D eigenvalue weighted by Gasteiger charge is -2.46. The van der Waals surface area contributed by atoms with Crippen LogP contribution in [0.25, 0.3) is 10.8 Å². The molecule has 5 aliphatic heterocycles. The molecular weight excluding hydrogens is 1080 g/mol. The summed E-state index contributed by atoms with van der Waals surface area (Å²) in [6.07, 6.45) is -22.9. The topological polar surface area (TPSA) is 339 Å². The van der Waals surface area contributed by atoms with E-state index in [9.17, 15) is 50.1 Å². The second kappa shape index (κ2) is 26.2. The minimum atomic E-state index is -1.60. The minimum absolute atomic E-state index is 0.0348. The molecule has 0 spiro atoms. The number of ether oxygens (including phenoxy) is 14. The van der Waals surface area contributed by atoms with Crippen LogP contribution in [-0.2, 0) is 82.4 Å². The van der Waals surface area contributed by atoms with Crippen LogP contribution < -0.4 is 4.74 Å². The van der Waals surface area contributed by atoms with Crippen molar-refractivity contribution in [1.82, 2.24) is 0 Å². The van der Waals surface area contributed by atoms with Crippen molar-refractivity contribution >= 4 is 34.3 Å². The van der Waals surface area contributed by atoms with Crippen molar-refractivity contribution in [3.63, 3.8) is 0 Å². The molecule has 2 aromatic carbocycles. The van der Waals surface area contributed by atoms with Crippen LogP contribution in [0.5, 0.6) is 17.2 Å². The fraction of sp³-hybridized carbons (Fsp3) is 0.754. The fourth-order valence-electron chi connectivity index (χ4n) is 12.4. The van der Waals surface area contributed by atoms with Gasteiger partial charge in [0.15, 0.2) is 42.8 Å². The molecule has 460 valence electrons. The molecule has 6 aliphatic rings. The van der Waals surface area contributed by atoms with E-state index in [1.807, 2.05) is 0 Å². The SMILES string of the molecule is CO[C@@H]1[C@H](C)O[C@H](O[C@H]2[C@H](C)O[C@H](Oc3cc(O)c4c(O)c5c(cc4c3)C[C@H]([C@H](OC)C(=O)[C@@H](O)C(C)C)[C@H](O[C@H]3C[C@H](O[C@H]4C[C@H](O[C@H]6C[C@](C)(O)[C@@H](OC(C)=O)[C@@H](C)O6)[C@H](O)[C@@H](C)O4)[C@H](O)[C@@H](C)O3)C5=O)C[C@@H]2OC(C)=O)C[C@@H]1O. The number of fused-ring (bicyclic) bond motifs is 2. The molecule has 0 unspecified atom stereocenters. The molecule has 25 nitrogen and oxygen atoms in total. The predicted octanol–water partition coefficient (Wildman–Crippen LogP) is 2.51.